The molecule has 1 amide bonds. The van der Waals surface area contributed by atoms with Crippen molar-refractivity contribution in [3.05, 3.63) is 88.8 Å². The van der Waals surface area contributed by atoms with Crippen molar-refractivity contribution in [3.8, 4) is 16.9 Å². The first-order valence-corrected chi connectivity index (χ1v) is 10.2. The van der Waals surface area contributed by atoms with Crippen molar-refractivity contribution in [2.24, 2.45) is 0 Å². The predicted molar refractivity (Wildman–Crippen MR) is 117 cm³/mol. The van der Waals surface area contributed by atoms with Gasteiger partial charge in [-0.05, 0) is 29.3 Å². The zero-order valence-electron chi connectivity index (χ0n) is 15.0. The molecule has 3 aromatic carbocycles. The van der Waals surface area contributed by atoms with Crippen LogP contribution in [0.3, 0.4) is 0 Å². The number of rotatable bonds is 6. The van der Waals surface area contributed by atoms with Gasteiger partial charge in [0.15, 0.2) is 0 Å². The highest BCUT2D eigenvalue weighted by Gasteiger charge is 2.17. The standard InChI is InChI=1S/C23H18ClNO2S/c24-21-19-12-11-17(16-7-3-1-4-8-16)15-20(19)28-22(21)23(26)25-13-14-27-18-9-5-2-6-10-18/h1-12,15H,13-14H2,(H,25,26). The molecule has 0 unspecified atom stereocenters. The summed E-state index contributed by atoms with van der Waals surface area (Å²) in [4.78, 5) is 13.1. The van der Waals surface area contributed by atoms with Gasteiger partial charge in [-0.15, -0.1) is 11.3 Å². The van der Waals surface area contributed by atoms with Gasteiger partial charge < -0.3 is 10.1 Å². The van der Waals surface area contributed by atoms with E-state index in [2.05, 4.69) is 23.5 Å². The molecule has 1 heterocycles. The maximum absolute atomic E-state index is 12.6. The van der Waals surface area contributed by atoms with E-state index in [-0.39, 0.29) is 5.91 Å². The fourth-order valence-electron chi connectivity index (χ4n) is 2.95. The van der Waals surface area contributed by atoms with Gasteiger partial charge in [-0.1, -0.05) is 72.3 Å². The van der Waals surface area contributed by atoms with Crippen LogP contribution >= 0.6 is 22.9 Å². The molecule has 28 heavy (non-hydrogen) atoms. The summed E-state index contributed by atoms with van der Waals surface area (Å²) < 4.78 is 6.60. The molecule has 1 aromatic heterocycles. The first-order valence-electron chi connectivity index (χ1n) is 8.96. The van der Waals surface area contributed by atoms with Gasteiger partial charge in [0.25, 0.3) is 5.91 Å². The van der Waals surface area contributed by atoms with Crippen LogP contribution in [-0.4, -0.2) is 19.1 Å². The third-order valence-corrected chi connectivity index (χ3v) is 6.00. The Labute approximate surface area is 172 Å². The number of amides is 1. The summed E-state index contributed by atoms with van der Waals surface area (Å²) in [5.74, 6) is 0.606. The van der Waals surface area contributed by atoms with Crippen molar-refractivity contribution < 1.29 is 9.53 Å². The number of carbonyl (C=O) groups is 1. The van der Waals surface area contributed by atoms with Crippen molar-refractivity contribution in [2.75, 3.05) is 13.2 Å². The summed E-state index contributed by atoms with van der Waals surface area (Å²) in [6.07, 6.45) is 0. The lowest BCUT2D eigenvalue weighted by atomic mass is 10.1. The monoisotopic (exact) mass is 407 g/mol. The van der Waals surface area contributed by atoms with Crippen molar-refractivity contribution in [1.82, 2.24) is 5.32 Å². The van der Waals surface area contributed by atoms with E-state index in [1.165, 1.54) is 11.3 Å². The first kappa shape index (κ1) is 18.5. The molecule has 4 rings (SSSR count). The Balaban J connectivity index is 1.45. The molecule has 4 aromatic rings. The van der Waals surface area contributed by atoms with E-state index in [9.17, 15) is 4.79 Å². The number of halogens is 1. The maximum Gasteiger partial charge on any atom is 0.263 e. The van der Waals surface area contributed by atoms with E-state index in [0.717, 1.165) is 27.0 Å². The summed E-state index contributed by atoms with van der Waals surface area (Å²) in [6.45, 7) is 0.810. The van der Waals surface area contributed by atoms with Crippen molar-refractivity contribution in [1.29, 1.82) is 0 Å². The van der Waals surface area contributed by atoms with Gasteiger partial charge in [0.1, 0.15) is 17.2 Å². The summed E-state index contributed by atoms with van der Waals surface area (Å²) in [6, 6.07) is 25.8. The van der Waals surface area contributed by atoms with Crippen LogP contribution in [0.15, 0.2) is 78.9 Å². The molecule has 0 atom stereocenters. The number of fused-ring (bicyclic) bond motifs is 1. The van der Waals surface area contributed by atoms with Gasteiger partial charge in [-0.3, -0.25) is 4.79 Å². The van der Waals surface area contributed by atoms with Crippen LogP contribution in [0.4, 0.5) is 0 Å². The Bertz CT molecular complexity index is 1090. The van der Waals surface area contributed by atoms with E-state index >= 15 is 0 Å². The van der Waals surface area contributed by atoms with E-state index in [0.29, 0.717) is 23.1 Å². The topological polar surface area (TPSA) is 38.3 Å². The smallest absolute Gasteiger partial charge is 0.263 e. The van der Waals surface area contributed by atoms with Crippen molar-refractivity contribution in [2.45, 2.75) is 0 Å². The van der Waals surface area contributed by atoms with E-state index in [1.807, 2.05) is 60.7 Å². The summed E-state index contributed by atoms with van der Waals surface area (Å²) >= 11 is 7.89. The third kappa shape index (κ3) is 4.03. The number of hydrogen-bond acceptors (Lipinski definition) is 3. The SMILES string of the molecule is O=C(NCCOc1ccccc1)c1sc2cc(-c3ccccc3)ccc2c1Cl. The average Bonchev–Trinajstić information content (AvgIpc) is 3.08. The molecule has 0 saturated carbocycles. The number of para-hydroxylation sites is 1. The minimum Gasteiger partial charge on any atom is -0.492 e. The van der Waals surface area contributed by atoms with E-state index < -0.39 is 0 Å². The highest BCUT2D eigenvalue weighted by atomic mass is 35.5. The second kappa shape index (κ2) is 8.46. The normalized spacial score (nSPS) is 10.8. The minimum absolute atomic E-state index is 0.177. The summed E-state index contributed by atoms with van der Waals surface area (Å²) in [5, 5.41) is 4.28. The van der Waals surface area contributed by atoms with Gasteiger partial charge in [0.2, 0.25) is 0 Å². The van der Waals surface area contributed by atoms with Crippen LogP contribution in [0.25, 0.3) is 21.2 Å². The zero-order chi connectivity index (χ0) is 19.3. The Morgan fingerprint density at radius 3 is 2.39 bits per heavy atom. The molecular formula is C23H18ClNO2S. The largest absolute Gasteiger partial charge is 0.492 e. The fraction of sp³-hybridized carbons (Fsp3) is 0.0870. The van der Waals surface area contributed by atoms with Gasteiger partial charge in [-0.25, -0.2) is 0 Å². The molecular weight excluding hydrogens is 390 g/mol. The van der Waals surface area contributed by atoms with Crippen LogP contribution in [0.1, 0.15) is 9.67 Å². The lowest BCUT2D eigenvalue weighted by molar-refractivity contribution is 0.0951. The van der Waals surface area contributed by atoms with Crippen molar-refractivity contribution in [3.63, 3.8) is 0 Å². The van der Waals surface area contributed by atoms with Crippen LogP contribution in [0.2, 0.25) is 5.02 Å². The second-order valence-corrected chi connectivity index (χ2v) is 7.67. The van der Waals surface area contributed by atoms with Gasteiger partial charge >= 0.3 is 0 Å². The quantitative estimate of drug-likeness (QED) is 0.396. The van der Waals surface area contributed by atoms with Gasteiger partial charge in [0.05, 0.1) is 11.6 Å². The average molecular weight is 408 g/mol. The number of carbonyl (C=O) groups excluding carboxylic acids is 1. The summed E-state index contributed by atoms with van der Waals surface area (Å²) in [5.41, 5.74) is 2.24. The van der Waals surface area contributed by atoms with Gasteiger partial charge in [0, 0.05) is 10.1 Å². The van der Waals surface area contributed by atoms with Crippen LogP contribution < -0.4 is 10.1 Å². The molecule has 5 heteroatoms. The van der Waals surface area contributed by atoms with Crippen molar-refractivity contribution >= 4 is 38.9 Å². The Hall–Kier alpha value is -2.82. The minimum atomic E-state index is -0.177. The maximum atomic E-state index is 12.6. The number of hydrogen-bond donors (Lipinski definition) is 1. The first-order chi connectivity index (χ1) is 13.7. The second-order valence-electron chi connectivity index (χ2n) is 6.24. The lowest BCUT2D eigenvalue weighted by Crippen LogP contribution is -2.27. The Morgan fingerprint density at radius 1 is 0.929 bits per heavy atom. The fourth-order valence-corrected chi connectivity index (χ4v) is 4.42. The molecule has 0 spiro atoms. The van der Waals surface area contributed by atoms with Crippen LogP contribution in [0.5, 0.6) is 5.75 Å². The molecule has 1 N–H and O–H groups in total. The highest BCUT2D eigenvalue weighted by Crippen LogP contribution is 2.37. The number of ether oxygens (including phenoxy) is 1. The summed E-state index contributed by atoms with van der Waals surface area (Å²) in [7, 11) is 0. The van der Waals surface area contributed by atoms with E-state index in [1.54, 1.807) is 0 Å². The molecule has 0 bridgehead atoms. The molecule has 0 aliphatic carbocycles. The molecule has 0 fully saturated rings. The zero-order valence-corrected chi connectivity index (χ0v) is 16.6. The molecule has 0 radical (unpaired) electrons. The highest BCUT2D eigenvalue weighted by molar-refractivity contribution is 7.21. The Morgan fingerprint density at radius 2 is 1.64 bits per heavy atom. The number of nitrogens with one attached hydrogen (secondary N) is 1. The number of thiophene rings is 1. The molecule has 0 aliphatic heterocycles. The lowest BCUT2D eigenvalue weighted by Gasteiger charge is -2.07. The Kier molecular flexibility index (Phi) is 5.60. The van der Waals surface area contributed by atoms with Crippen LogP contribution in [-0.2, 0) is 0 Å². The molecule has 140 valence electrons. The molecule has 0 aliphatic rings. The van der Waals surface area contributed by atoms with Crippen LogP contribution in [0, 0.1) is 0 Å². The number of benzene rings is 3. The molecule has 0 saturated heterocycles. The van der Waals surface area contributed by atoms with Gasteiger partial charge in [-0.2, -0.15) is 0 Å². The predicted octanol–water partition coefficient (Wildman–Crippen LogP) is 6.03. The van der Waals surface area contributed by atoms with E-state index in [4.69, 9.17) is 16.3 Å². The third-order valence-electron chi connectivity index (χ3n) is 4.34. The molecule has 3 nitrogen and oxygen atoms in total.